The molecule has 1 N–H and O–H groups in total. The number of alkyl halides is 17. The van der Waals surface area contributed by atoms with Crippen LogP contribution >= 0.6 is 0 Å². The molecule has 0 aliphatic heterocycles. The van der Waals surface area contributed by atoms with Crippen LogP contribution in [-0.4, -0.2) is 75.1 Å². The van der Waals surface area contributed by atoms with E-state index in [9.17, 15) is 78.8 Å². The molecule has 0 spiro atoms. The molecule has 0 rings (SSSR count). The van der Waals surface area contributed by atoms with E-state index in [1.165, 1.54) is 0 Å². The van der Waals surface area contributed by atoms with Crippen molar-refractivity contribution < 1.29 is 84.0 Å². The van der Waals surface area contributed by atoms with Gasteiger partial charge < -0.3 is 5.11 Å². The van der Waals surface area contributed by atoms with Crippen molar-refractivity contribution in [1.82, 2.24) is 0 Å². The number of halogens is 17. The number of aliphatic hydroxyl groups excluding tert-OH is 1. The van der Waals surface area contributed by atoms with E-state index in [1.54, 1.807) is 0 Å². The van der Waals surface area contributed by atoms with Crippen LogP contribution in [0, 0.1) is 0 Å². The summed E-state index contributed by atoms with van der Waals surface area (Å²) in [6, 6.07) is 0. The number of aliphatic hydroxyl groups is 1. The molecule has 2 nitrogen and oxygen atoms in total. The first kappa shape index (κ1) is 30.9. The Bertz CT molecular complexity index is 684. The fourth-order valence-electron chi connectivity index (χ4n) is 1.80. The Morgan fingerprint density at radius 3 is 1.12 bits per heavy atom. The van der Waals surface area contributed by atoms with Gasteiger partial charge in [0.1, 0.15) is 0 Å². The van der Waals surface area contributed by atoms with E-state index in [2.05, 4.69) is 0 Å². The van der Waals surface area contributed by atoms with Gasteiger partial charge in [0.25, 0.3) is 0 Å². The number of hydrogen-bond donors (Lipinski definition) is 1. The highest BCUT2D eigenvalue weighted by molar-refractivity contribution is 7.84. The van der Waals surface area contributed by atoms with Gasteiger partial charge in [-0.25, -0.2) is 0 Å². The molecule has 0 bridgehead atoms. The molecule has 20 heteroatoms. The zero-order chi connectivity index (χ0) is 26.4. The second kappa shape index (κ2) is 8.61. The minimum absolute atomic E-state index is 0.939. The number of rotatable bonds is 11. The maximum atomic E-state index is 13.4. The van der Waals surface area contributed by atoms with E-state index in [0.29, 0.717) is 0 Å². The normalized spacial score (nSPS) is 16.9. The summed E-state index contributed by atoms with van der Waals surface area (Å²) >= 11 is 0. The van der Waals surface area contributed by atoms with Gasteiger partial charge in [-0.1, -0.05) is 0 Å². The lowest BCUT2D eigenvalue weighted by Gasteiger charge is -2.42. The van der Waals surface area contributed by atoms with Crippen molar-refractivity contribution in [2.45, 2.75) is 54.1 Å². The summed E-state index contributed by atoms with van der Waals surface area (Å²) in [6.45, 7) is -1.04. The largest absolute Gasteiger partial charge is 0.460 e. The molecular formula is C12H9F17O2S. The quantitative estimate of drug-likeness (QED) is 0.370. The Morgan fingerprint density at radius 2 is 0.812 bits per heavy atom. The lowest BCUT2D eigenvalue weighted by Crippen LogP contribution is -2.74. The maximum Gasteiger partial charge on any atom is 0.460 e. The topological polar surface area (TPSA) is 37.3 Å². The van der Waals surface area contributed by atoms with Crippen LogP contribution in [0.2, 0.25) is 0 Å². The van der Waals surface area contributed by atoms with E-state index in [4.69, 9.17) is 5.11 Å². The predicted octanol–water partition coefficient (Wildman–Crippen LogP) is 5.13. The third-order valence-corrected chi connectivity index (χ3v) is 5.05. The van der Waals surface area contributed by atoms with Crippen LogP contribution in [0.4, 0.5) is 74.6 Å². The van der Waals surface area contributed by atoms with Crippen molar-refractivity contribution >= 4 is 10.8 Å². The Labute approximate surface area is 168 Å². The minimum atomic E-state index is -8.66. The summed E-state index contributed by atoms with van der Waals surface area (Å²) in [6.07, 6.45) is -10.6. The zero-order valence-electron chi connectivity index (χ0n) is 14.5. The molecule has 194 valence electrons. The Kier molecular flexibility index (Phi) is 8.32. The molecule has 0 aromatic carbocycles. The average molecular weight is 540 g/mol. The third kappa shape index (κ3) is 4.48. The van der Waals surface area contributed by atoms with Crippen LogP contribution in [0.5, 0.6) is 0 Å². The van der Waals surface area contributed by atoms with Crippen LogP contribution in [0.1, 0.15) is 6.42 Å². The molecule has 0 heterocycles. The zero-order valence-corrected chi connectivity index (χ0v) is 15.3. The van der Waals surface area contributed by atoms with Gasteiger partial charge in [-0.05, 0) is 0 Å². The highest BCUT2D eigenvalue weighted by Gasteiger charge is 2.95. The van der Waals surface area contributed by atoms with Crippen molar-refractivity contribution in [1.29, 1.82) is 0 Å². The van der Waals surface area contributed by atoms with Gasteiger partial charge in [-0.15, -0.1) is 0 Å². The monoisotopic (exact) mass is 540 g/mol. The fourth-order valence-corrected chi connectivity index (χ4v) is 2.69. The smallest absolute Gasteiger partial charge is 0.395 e. The van der Waals surface area contributed by atoms with E-state index in [1.807, 2.05) is 0 Å². The summed E-state index contributed by atoms with van der Waals surface area (Å²) < 4.78 is 232. The third-order valence-electron chi connectivity index (χ3n) is 3.75. The Balaban J connectivity index is 6.44. The molecule has 0 fully saturated rings. The molecule has 0 radical (unpaired) electrons. The lowest BCUT2D eigenvalue weighted by molar-refractivity contribution is -0.461. The molecule has 0 amide bonds. The van der Waals surface area contributed by atoms with Crippen molar-refractivity contribution in [2.75, 3.05) is 18.1 Å². The first-order chi connectivity index (χ1) is 13.7. The molecular weight excluding hydrogens is 531 g/mol. The summed E-state index contributed by atoms with van der Waals surface area (Å²) in [5, 5.41) is 8.31. The second-order valence-electron chi connectivity index (χ2n) is 5.97. The van der Waals surface area contributed by atoms with Crippen molar-refractivity contribution in [3.05, 3.63) is 0 Å². The molecule has 0 aliphatic rings. The van der Waals surface area contributed by atoms with Gasteiger partial charge in [0.15, 0.2) is 0 Å². The van der Waals surface area contributed by atoms with Crippen molar-refractivity contribution in [3.8, 4) is 0 Å². The molecule has 1 unspecified atom stereocenters. The molecule has 0 saturated carbocycles. The van der Waals surface area contributed by atoms with Crippen molar-refractivity contribution in [2.24, 2.45) is 0 Å². The minimum Gasteiger partial charge on any atom is -0.395 e. The van der Waals surface area contributed by atoms with Crippen LogP contribution < -0.4 is 0 Å². The average Bonchev–Trinajstić information content (AvgIpc) is 2.58. The standard InChI is InChI=1S/C12H9F17O2S/c13-5(14,1-3-32(31)4-2-30)6(15,16)7(17,18)8(19,20)9(21,22)10(23,24)11(25,26)12(27,28)29/h30H,1-4H2. The van der Waals surface area contributed by atoms with Crippen molar-refractivity contribution in [3.63, 3.8) is 0 Å². The van der Waals surface area contributed by atoms with Crippen LogP contribution in [0.3, 0.4) is 0 Å². The van der Waals surface area contributed by atoms with E-state index in [0.717, 1.165) is 0 Å². The number of hydrogen-bond acceptors (Lipinski definition) is 2. The highest BCUT2D eigenvalue weighted by Crippen LogP contribution is 2.64. The molecule has 0 aliphatic carbocycles. The van der Waals surface area contributed by atoms with Gasteiger partial charge in [-0.3, -0.25) is 4.21 Å². The summed E-state index contributed by atoms with van der Waals surface area (Å²) in [7, 11) is -2.69. The summed E-state index contributed by atoms with van der Waals surface area (Å²) in [4.78, 5) is 0. The molecule has 0 saturated heterocycles. The molecule has 32 heavy (non-hydrogen) atoms. The summed E-state index contributed by atoms with van der Waals surface area (Å²) in [5.41, 5.74) is 0. The molecule has 0 aromatic rings. The molecule has 0 aromatic heterocycles. The van der Waals surface area contributed by atoms with Crippen LogP contribution in [0.25, 0.3) is 0 Å². The summed E-state index contributed by atoms with van der Waals surface area (Å²) in [5.74, 6) is -59.4. The first-order valence-electron chi connectivity index (χ1n) is 7.38. The van der Waals surface area contributed by atoms with Gasteiger partial charge in [0.05, 0.1) is 6.61 Å². The van der Waals surface area contributed by atoms with Gasteiger partial charge in [0.2, 0.25) is 0 Å². The van der Waals surface area contributed by atoms with Gasteiger partial charge in [0, 0.05) is 28.7 Å². The van der Waals surface area contributed by atoms with Crippen LogP contribution in [0.15, 0.2) is 0 Å². The molecule has 1 atom stereocenters. The second-order valence-corrected chi connectivity index (χ2v) is 7.67. The van der Waals surface area contributed by atoms with E-state index in [-0.39, 0.29) is 0 Å². The SMILES string of the molecule is O=S(CCO)CCC(F)(F)C(F)(F)C(F)(F)C(F)(F)C(F)(F)C(F)(F)C(F)(F)C(F)(F)F. The van der Waals surface area contributed by atoms with E-state index < -0.39 is 83.0 Å². The first-order valence-corrected chi connectivity index (χ1v) is 8.86. The Hall–Kier alpha value is -1.08. The lowest BCUT2D eigenvalue weighted by atomic mass is 9.88. The maximum absolute atomic E-state index is 13.4. The van der Waals surface area contributed by atoms with Gasteiger partial charge in [-0.2, -0.15) is 74.6 Å². The van der Waals surface area contributed by atoms with E-state index >= 15 is 0 Å². The highest BCUT2D eigenvalue weighted by atomic mass is 32.2. The predicted molar refractivity (Wildman–Crippen MR) is 70.3 cm³/mol. The fraction of sp³-hybridized carbons (Fsp3) is 1.00. The Morgan fingerprint density at radius 1 is 0.500 bits per heavy atom. The van der Waals surface area contributed by atoms with Gasteiger partial charge >= 0.3 is 47.6 Å². The van der Waals surface area contributed by atoms with Crippen LogP contribution in [-0.2, 0) is 10.8 Å².